The van der Waals surface area contributed by atoms with Gasteiger partial charge in [0.15, 0.2) is 0 Å². The second-order valence-electron chi connectivity index (χ2n) is 7.62. The summed E-state index contributed by atoms with van der Waals surface area (Å²) < 4.78 is 2.00. The van der Waals surface area contributed by atoms with Crippen LogP contribution in [0.5, 0.6) is 0 Å². The number of nitrogens with zero attached hydrogens (tertiary/aromatic N) is 3. The van der Waals surface area contributed by atoms with Gasteiger partial charge in [-0.1, -0.05) is 0 Å². The van der Waals surface area contributed by atoms with Crippen molar-refractivity contribution in [1.82, 2.24) is 9.55 Å². The van der Waals surface area contributed by atoms with Crippen LogP contribution in [0.3, 0.4) is 0 Å². The molecule has 0 radical (unpaired) electrons. The number of nitriles is 1. The molecule has 5 rings (SSSR count). The second kappa shape index (κ2) is 5.34. The summed E-state index contributed by atoms with van der Waals surface area (Å²) in [6.07, 6.45) is 6.35. The first-order chi connectivity index (χ1) is 13.0. The van der Waals surface area contributed by atoms with Gasteiger partial charge in [0.05, 0.1) is 22.8 Å². The van der Waals surface area contributed by atoms with Crippen LogP contribution in [0.1, 0.15) is 30.9 Å². The molecule has 2 aromatic heterocycles. The van der Waals surface area contributed by atoms with Crippen molar-refractivity contribution in [3.63, 3.8) is 0 Å². The van der Waals surface area contributed by atoms with Crippen LogP contribution in [-0.2, 0) is 17.3 Å². The summed E-state index contributed by atoms with van der Waals surface area (Å²) in [6, 6.07) is 8.04. The third-order valence-corrected chi connectivity index (χ3v) is 5.73. The quantitative estimate of drug-likeness (QED) is 0.735. The minimum absolute atomic E-state index is 0.157. The highest BCUT2D eigenvalue weighted by atomic mass is 16.1. The number of anilines is 2. The van der Waals surface area contributed by atoms with Crippen LogP contribution >= 0.6 is 0 Å². The lowest BCUT2D eigenvalue weighted by Gasteiger charge is -2.09. The smallest absolute Gasteiger partial charge is 0.221 e. The molecule has 1 saturated carbocycles. The number of nitrogens with one attached hydrogen (secondary N) is 2. The standard InChI is InChI=1S/C21H19N5O/c1-12(27)25-18-6-13(8-22)5-15-16(10-26(2)19(15)18)14-7-17-20(23-9-14)24-11-21(17)3-4-21/h5-7,9-10H,3-4,11H2,1-2H3,(H,23,24)(H,25,27). The van der Waals surface area contributed by atoms with Crippen molar-refractivity contribution in [3.05, 3.63) is 41.7 Å². The van der Waals surface area contributed by atoms with E-state index in [4.69, 9.17) is 0 Å². The fraction of sp³-hybridized carbons (Fsp3) is 0.286. The molecule has 0 unspecified atom stereocenters. The number of pyridine rings is 1. The molecule has 0 saturated heterocycles. The molecule has 134 valence electrons. The largest absolute Gasteiger partial charge is 0.369 e. The van der Waals surface area contributed by atoms with Gasteiger partial charge in [-0.25, -0.2) is 4.98 Å². The van der Waals surface area contributed by atoms with E-state index in [0.717, 1.165) is 34.4 Å². The van der Waals surface area contributed by atoms with Gasteiger partial charge < -0.3 is 15.2 Å². The monoisotopic (exact) mass is 357 g/mol. The fourth-order valence-corrected chi connectivity index (χ4v) is 4.23. The molecule has 1 amide bonds. The number of hydrogen-bond acceptors (Lipinski definition) is 4. The number of fused-ring (bicyclic) bond motifs is 3. The highest BCUT2D eigenvalue weighted by Gasteiger charge is 2.49. The summed E-state index contributed by atoms with van der Waals surface area (Å²) in [6.45, 7) is 2.45. The first-order valence-corrected chi connectivity index (χ1v) is 9.06. The van der Waals surface area contributed by atoms with E-state index < -0.39 is 0 Å². The third kappa shape index (κ3) is 2.32. The van der Waals surface area contributed by atoms with Gasteiger partial charge >= 0.3 is 0 Å². The Hall–Kier alpha value is -3.33. The number of aryl methyl sites for hydroxylation is 1. The minimum Gasteiger partial charge on any atom is -0.369 e. The molecule has 3 aromatic rings. The van der Waals surface area contributed by atoms with Crippen molar-refractivity contribution < 1.29 is 4.79 Å². The normalized spacial score (nSPS) is 16.0. The first kappa shape index (κ1) is 15.9. The lowest BCUT2D eigenvalue weighted by atomic mass is 9.96. The van der Waals surface area contributed by atoms with E-state index in [9.17, 15) is 10.1 Å². The molecule has 3 heterocycles. The Labute approximate surface area is 156 Å². The summed E-state index contributed by atoms with van der Waals surface area (Å²) >= 11 is 0. The molecule has 6 heteroatoms. The van der Waals surface area contributed by atoms with Gasteiger partial charge in [0.2, 0.25) is 5.91 Å². The predicted molar refractivity (Wildman–Crippen MR) is 105 cm³/mol. The third-order valence-electron chi connectivity index (χ3n) is 5.73. The van der Waals surface area contributed by atoms with Crippen LogP contribution in [0.2, 0.25) is 0 Å². The molecule has 27 heavy (non-hydrogen) atoms. The van der Waals surface area contributed by atoms with Gasteiger partial charge in [-0.15, -0.1) is 0 Å². The zero-order valence-corrected chi connectivity index (χ0v) is 15.3. The summed E-state index contributed by atoms with van der Waals surface area (Å²) in [5.41, 5.74) is 5.71. The van der Waals surface area contributed by atoms with Crippen LogP contribution in [0, 0.1) is 11.3 Å². The molecule has 6 nitrogen and oxygen atoms in total. The first-order valence-electron chi connectivity index (χ1n) is 9.06. The van der Waals surface area contributed by atoms with Crippen molar-refractivity contribution in [2.24, 2.45) is 7.05 Å². The van der Waals surface area contributed by atoms with Crippen LogP contribution < -0.4 is 10.6 Å². The Balaban J connectivity index is 1.73. The highest BCUT2D eigenvalue weighted by molar-refractivity contribution is 6.06. The Morgan fingerprint density at radius 2 is 2.19 bits per heavy atom. The number of carbonyl (C=O) groups is 1. The van der Waals surface area contributed by atoms with Crippen LogP contribution in [0.4, 0.5) is 11.5 Å². The van der Waals surface area contributed by atoms with E-state index in [0.29, 0.717) is 11.3 Å². The van der Waals surface area contributed by atoms with Crippen LogP contribution in [0.15, 0.2) is 30.6 Å². The average Bonchev–Trinajstić information content (AvgIpc) is 3.24. The van der Waals surface area contributed by atoms with Crippen molar-refractivity contribution in [3.8, 4) is 17.2 Å². The zero-order valence-electron chi connectivity index (χ0n) is 15.3. The molecule has 2 aliphatic rings. The number of rotatable bonds is 2. The Morgan fingerprint density at radius 1 is 1.37 bits per heavy atom. The molecule has 1 aliphatic heterocycles. The number of aromatic nitrogens is 2. The van der Waals surface area contributed by atoms with Gasteiger partial charge in [-0.2, -0.15) is 5.26 Å². The fourth-order valence-electron chi connectivity index (χ4n) is 4.23. The van der Waals surface area contributed by atoms with Gasteiger partial charge in [0.1, 0.15) is 5.82 Å². The molecule has 1 aromatic carbocycles. The van der Waals surface area contributed by atoms with Crippen LogP contribution in [0.25, 0.3) is 22.0 Å². The van der Waals surface area contributed by atoms with Crippen molar-refractivity contribution >= 4 is 28.3 Å². The lowest BCUT2D eigenvalue weighted by Crippen LogP contribution is -2.08. The number of amides is 1. The van der Waals surface area contributed by atoms with E-state index in [2.05, 4.69) is 27.8 Å². The van der Waals surface area contributed by atoms with Crippen molar-refractivity contribution in [1.29, 1.82) is 5.26 Å². The summed E-state index contributed by atoms with van der Waals surface area (Å²) in [4.78, 5) is 16.3. The highest BCUT2D eigenvalue weighted by Crippen LogP contribution is 2.54. The maximum atomic E-state index is 11.6. The van der Waals surface area contributed by atoms with E-state index in [-0.39, 0.29) is 11.3 Å². The zero-order chi connectivity index (χ0) is 18.8. The van der Waals surface area contributed by atoms with Gasteiger partial charge in [0, 0.05) is 60.4 Å². The van der Waals surface area contributed by atoms with Gasteiger partial charge in [-0.3, -0.25) is 4.79 Å². The van der Waals surface area contributed by atoms with E-state index >= 15 is 0 Å². The maximum absolute atomic E-state index is 11.6. The Kier molecular flexibility index (Phi) is 3.14. The number of carbonyl (C=O) groups excluding carboxylic acids is 1. The summed E-state index contributed by atoms with van der Waals surface area (Å²) in [5.74, 6) is 0.836. The lowest BCUT2D eigenvalue weighted by molar-refractivity contribution is -0.114. The SMILES string of the molecule is CC(=O)Nc1cc(C#N)cc2c(-c3cnc4c(c3)C3(CC3)CN4)cn(C)c12. The Morgan fingerprint density at radius 3 is 2.89 bits per heavy atom. The summed E-state index contributed by atoms with van der Waals surface area (Å²) in [7, 11) is 1.95. The van der Waals surface area contributed by atoms with Gasteiger partial charge in [0.25, 0.3) is 0 Å². The molecule has 2 N–H and O–H groups in total. The van der Waals surface area contributed by atoms with Crippen molar-refractivity contribution in [2.45, 2.75) is 25.2 Å². The average molecular weight is 357 g/mol. The molecule has 1 spiro atoms. The topological polar surface area (TPSA) is 82.7 Å². The van der Waals surface area contributed by atoms with E-state index in [1.165, 1.54) is 25.3 Å². The van der Waals surface area contributed by atoms with Crippen LogP contribution in [-0.4, -0.2) is 22.0 Å². The molecule has 1 fully saturated rings. The summed E-state index contributed by atoms with van der Waals surface area (Å²) in [5, 5.41) is 16.7. The van der Waals surface area contributed by atoms with Crippen molar-refractivity contribution in [2.75, 3.05) is 17.2 Å². The number of hydrogen-bond donors (Lipinski definition) is 2. The number of benzene rings is 1. The maximum Gasteiger partial charge on any atom is 0.221 e. The molecular weight excluding hydrogens is 338 g/mol. The minimum atomic E-state index is -0.157. The van der Waals surface area contributed by atoms with Gasteiger partial charge in [-0.05, 0) is 31.0 Å². The molecule has 0 atom stereocenters. The second-order valence-corrected chi connectivity index (χ2v) is 7.62. The van der Waals surface area contributed by atoms with E-state index in [1.54, 1.807) is 6.07 Å². The predicted octanol–water partition coefficient (Wildman–Crippen LogP) is 3.53. The Bertz CT molecular complexity index is 1160. The van der Waals surface area contributed by atoms with E-state index in [1.807, 2.05) is 30.1 Å². The molecule has 0 bridgehead atoms. The molecular formula is C21H19N5O. The molecule has 1 aliphatic carbocycles.